The third-order valence-electron chi connectivity index (χ3n) is 4.01. The van der Waals surface area contributed by atoms with Gasteiger partial charge in [-0.25, -0.2) is 0 Å². The predicted molar refractivity (Wildman–Crippen MR) is 73.1 cm³/mol. The van der Waals surface area contributed by atoms with Crippen molar-refractivity contribution in [1.82, 2.24) is 4.90 Å². The second-order valence-corrected chi connectivity index (χ2v) is 7.66. The Morgan fingerprint density at radius 1 is 1.06 bits per heavy atom. The lowest BCUT2D eigenvalue weighted by molar-refractivity contribution is -0.133. The lowest BCUT2D eigenvalue weighted by Gasteiger charge is -2.41. The molecule has 1 aliphatic rings. The second-order valence-electron chi connectivity index (χ2n) is 7.66. The van der Waals surface area contributed by atoms with Crippen LogP contribution in [0.25, 0.3) is 0 Å². The summed E-state index contributed by atoms with van der Waals surface area (Å²) in [6, 6.07) is 0.589. The largest absolute Gasteiger partial charge is 0.297 e. The van der Waals surface area contributed by atoms with E-state index in [1.54, 1.807) is 0 Å². The molecule has 0 aromatic heterocycles. The standard InChI is InChI=1S/C15H29NO/c1-10-9-12(13(17)14(3,4)5)16(11(10)2)15(6,7)8/h10-12H,9H2,1-8H3/t10-,11-,12+/m1/s1. The first-order valence-corrected chi connectivity index (χ1v) is 6.79. The van der Waals surface area contributed by atoms with E-state index in [0.717, 1.165) is 6.42 Å². The molecule has 0 amide bonds. The molecule has 1 saturated heterocycles. The van der Waals surface area contributed by atoms with Crippen LogP contribution in [-0.2, 0) is 4.79 Å². The molecule has 0 aliphatic carbocycles. The Morgan fingerprint density at radius 2 is 1.53 bits per heavy atom. The molecule has 2 heteroatoms. The Kier molecular flexibility index (Phi) is 3.79. The van der Waals surface area contributed by atoms with Gasteiger partial charge in [-0.15, -0.1) is 0 Å². The third-order valence-corrected chi connectivity index (χ3v) is 4.01. The number of Topliss-reactive ketones (excluding diaryl/α,β-unsaturated/α-hetero) is 1. The first-order valence-electron chi connectivity index (χ1n) is 6.79. The highest BCUT2D eigenvalue weighted by molar-refractivity contribution is 5.89. The van der Waals surface area contributed by atoms with E-state index in [0.29, 0.717) is 17.7 Å². The van der Waals surface area contributed by atoms with Gasteiger partial charge in [0, 0.05) is 17.0 Å². The summed E-state index contributed by atoms with van der Waals surface area (Å²) in [7, 11) is 0. The summed E-state index contributed by atoms with van der Waals surface area (Å²) < 4.78 is 0. The van der Waals surface area contributed by atoms with Gasteiger partial charge in [-0.05, 0) is 40.0 Å². The number of carbonyl (C=O) groups is 1. The molecule has 0 radical (unpaired) electrons. The molecular weight excluding hydrogens is 210 g/mol. The first kappa shape index (κ1) is 14.7. The maximum atomic E-state index is 12.6. The number of likely N-dealkylation sites (tertiary alicyclic amines) is 1. The normalized spacial score (nSPS) is 31.9. The van der Waals surface area contributed by atoms with E-state index in [-0.39, 0.29) is 17.0 Å². The number of hydrogen-bond donors (Lipinski definition) is 0. The minimum Gasteiger partial charge on any atom is -0.297 e. The van der Waals surface area contributed by atoms with Crippen molar-refractivity contribution < 1.29 is 4.79 Å². The lowest BCUT2D eigenvalue weighted by Crippen LogP contribution is -2.53. The summed E-state index contributed by atoms with van der Waals surface area (Å²) in [5.74, 6) is 0.995. The van der Waals surface area contributed by atoms with Crippen LogP contribution < -0.4 is 0 Å². The van der Waals surface area contributed by atoms with Crippen molar-refractivity contribution in [3.63, 3.8) is 0 Å². The van der Waals surface area contributed by atoms with Gasteiger partial charge in [0.25, 0.3) is 0 Å². The van der Waals surface area contributed by atoms with Crippen molar-refractivity contribution in [2.75, 3.05) is 0 Å². The Morgan fingerprint density at radius 3 is 1.88 bits per heavy atom. The van der Waals surface area contributed by atoms with E-state index in [9.17, 15) is 4.79 Å². The van der Waals surface area contributed by atoms with Gasteiger partial charge >= 0.3 is 0 Å². The minimum absolute atomic E-state index is 0.0652. The topological polar surface area (TPSA) is 20.3 Å². The zero-order valence-electron chi connectivity index (χ0n) is 12.8. The van der Waals surface area contributed by atoms with Crippen molar-refractivity contribution in [3.8, 4) is 0 Å². The fourth-order valence-corrected chi connectivity index (χ4v) is 3.03. The Bertz CT molecular complexity index is 295. The van der Waals surface area contributed by atoms with Crippen LogP contribution >= 0.6 is 0 Å². The molecule has 0 bridgehead atoms. The Balaban J connectivity index is 3.03. The average Bonchev–Trinajstić information content (AvgIpc) is 2.39. The molecule has 0 aromatic carbocycles. The summed E-state index contributed by atoms with van der Waals surface area (Å²) in [4.78, 5) is 15.0. The number of rotatable bonds is 1. The molecule has 0 spiro atoms. The summed E-state index contributed by atoms with van der Waals surface area (Å²) in [6.45, 7) is 17.3. The van der Waals surface area contributed by atoms with Gasteiger partial charge in [0.15, 0.2) is 5.78 Å². The van der Waals surface area contributed by atoms with E-state index in [4.69, 9.17) is 0 Å². The van der Waals surface area contributed by atoms with E-state index in [2.05, 4.69) is 39.5 Å². The lowest BCUT2D eigenvalue weighted by atomic mass is 9.84. The highest BCUT2D eigenvalue weighted by Gasteiger charge is 2.47. The number of nitrogens with zero attached hydrogens (tertiary/aromatic N) is 1. The summed E-state index contributed by atoms with van der Waals surface area (Å²) in [5.41, 5.74) is -0.173. The summed E-state index contributed by atoms with van der Waals surface area (Å²) in [5, 5.41) is 0. The molecule has 0 unspecified atom stereocenters. The van der Waals surface area contributed by atoms with Crippen LogP contribution in [0.4, 0.5) is 0 Å². The van der Waals surface area contributed by atoms with Crippen molar-refractivity contribution in [2.45, 2.75) is 79.4 Å². The van der Waals surface area contributed by atoms with Crippen LogP contribution in [0, 0.1) is 11.3 Å². The maximum Gasteiger partial charge on any atom is 0.155 e. The van der Waals surface area contributed by atoms with Crippen LogP contribution in [0.1, 0.15) is 61.8 Å². The van der Waals surface area contributed by atoms with Crippen molar-refractivity contribution in [1.29, 1.82) is 0 Å². The Labute approximate surface area is 107 Å². The van der Waals surface area contributed by atoms with Gasteiger partial charge in [0.2, 0.25) is 0 Å². The van der Waals surface area contributed by atoms with Crippen molar-refractivity contribution >= 4 is 5.78 Å². The molecular formula is C15H29NO. The van der Waals surface area contributed by atoms with Gasteiger partial charge in [-0.3, -0.25) is 9.69 Å². The van der Waals surface area contributed by atoms with E-state index in [1.807, 2.05) is 20.8 Å². The number of hydrogen-bond acceptors (Lipinski definition) is 2. The molecule has 0 aromatic rings. The van der Waals surface area contributed by atoms with Crippen LogP contribution in [0.15, 0.2) is 0 Å². The number of ketones is 1. The van der Waals surface area contributed by atoms with Gasteiger partial charge in [0.1, 0.15) is 0 Å². The van der Waals surface area contributed by atoms with E-state index in [1.165, 1.54) is 0 Å². The molecule has 1 fully saturated rings. The van der Waals surface area contributed by atoms with Gasteiger partial charge < -0.3 is 0 Å². The molecule has 1 heterocycles. The Hall–Kier alpha value is -0.370. The molecule has 3 atom stereocenters. The first-order chi connectivity index (χ1) is 7.46. The van der Waals surface area contributed by atoms with E-state index >= 15 is 0 Å². The van der Waals surface area contributed by atoms with Gasteiger partial charge in [-0.1, -0.05) is 27.7 Å². The monoisotopic (exact) mass is 239 g/mol. The highest BCUT2D eigenvalue weighted by Crippen LogP contribution is 2.38. The predicted octanol–water partition coefficient (Wildman–Crippen LogP) is 3.50. The van der Waals surface area contributed by atoms with Crippen LogP contribution in [-0.4, -0.2) is 28.3 Å². The van der Waals surface area contributed by atoms with Gasteiger partial charge in [-0.2, -0.15) is 0 Å². The van der Waals surface area contributed by atoms with Crippen molar-refractivity contribution in [3.05, 3.63) is 0 Å². The zero-order valence-corrected chi connectivity index (χ0v) is 12.8. The molecule has 0 saturated carbocycles. The smallest absolute Gasteiger partial charge is 0.155 e. The quantitative estimate of drug-likeness (QED) is 0.698. The van der Waals surface area contributed by atoms with Crippen LogP contribution in [0.5, 0.6) is 0 Å². The SMILES string of the molecule is C[C@@H]1C[C@@H](C(=O)C(C)(C)C)N(C(C)(C)C)[C@@H]1C. The summed E-state index contributed by atoms with van der Waals surface area (Å²) >= 11 is 0. The molecule has 100 valence electrons. The molecule has 0 N–H and O–H groups in total. The second kappa shape index (κ2) is 4.38. The highest BCUT2D eigenvalue weighted by atomic mass is 16.1. The van der Waals surface area contributed by atoms with Gasteiger partial charge in [0.05, 0.1) is 6.04 Å². The molecule has 2 nitrogen and oxygen atoms in total. The number of carbonyl (C=O) groups excluding carboxylic acids is 1. The molecule has 1 rings (SSSR count). The van der Waals surface area contributed by atoms with E-state index < -0.39 is 0 Å². The fraction of sp³-hybridized carbons (Fsp3) is 0.933. The summed E-state index contributed by atoms with van der Waals surface area (Å²) in [6.07, 6.45) is 1.01. The van der Waals surface area contributed by atoms with Crippen LogP contribution in [0.2, 0.25) is 0 Å². The van der Waals surface area contributed by atoms with Crippen molar-refractivity contribution in [2.24, 2.45) is 11.3 Å². The zero-order chi connectivity index (χ0) is 13.6. The minimum atomic E-state index is -0.238. The maximum absolute atomic E-state index is 12.6. The fourth-order valence-electron chi connectivity index (χ4n) is 3.03. The van der Waals surface area contributed by atoms with Crippen LogP contribution in [0.3, 0.4) is 0 Å². The molecule has 1 aliphatic heterocycles. The average molecular weight is 239 g/mol. The third kappa shape index (κ3) is 2.90. The molecule has 17 heavy (non-hydrogen) atoms.